The number of nitrogens with one attached hydrogen (secondary N) is 4. The van der Waals surface area contributed by atoms with E-state index < -0.39 is 396 Å². The minimum Gasteiger partial charge on any atom is -0.479 e. The molecule has 0 aromatic carbocycles. The molecule has 2 unspecified atom stereocenters. The van der Waals surface area contributed by atoms with Crippen molar-refractivity contribution >= 4 is 119 Å². The number of hydrogen-bond donors (Lipinski definition) is 27. The molecule has 0 bridgehead atoms. The second-order valence-electron chi connectivity index (χ2n) is 30.8. The number of carbonyl (C=O) groups is 6. The van der Waals surface area contributed by atoms with Gasteiger partial charge in [-0.2, -0.15) is 76.8 Å². The van der Waals surface area contributed by atoms with Crippen LogP contribution >= 0.6 is 0 Å². The van der Waals surface area contributed by atoms with E-state index >= 15 is 0 Å². The molecule has 8 saturated heterocycles. The molecule has 8 aliphatic rings. The molecule has 78 heteroatoms. The molecule has 8 fully saturated rings. The van der Waals surface area contributed by atoms with Crippen molar-refractivity contribution in [1.29, 1.82) is 0 Å². The summed E-state index contributed by atoms with van der Waals surface area (Å²) in [6.45, 7) is -1.39. The van der Waals surface area contributed by atoms with Crippen molar-refractivity contribution in [1.82, 2.24) is 20.1 Å². The Labute approximate surface area is 752 Å². The number of hydrogen-bond acceptors (Lipinski definition) is 54. The summed E-state index contributed by atoms with van der Waals surface area (Å²) < 4.78 is 389. The number of carbonyl (C=O) groups excluding carboxylic acids is 2. The molecule has 40 atom stereocenters. The van der Waals surface area contributed by atoms with Crippen LogP contribution in [0.3, 0.4) is 0 Å². The molecule has 2 amide bonds. The van der Waals surface area contributed by atoms with Crippen LogP contribution in [0.25, 0.3) is 0 Å². The van der Waals surface area contributed by atoms with Crippen molar-refractivity contribution in [3.63, 3.8) is 0 Å². The number of rotatable bonds is 40. The smallest absolute Gasteiger partial charge is 0.397 e. The van der Waals surface area contributed by atoms with Gasteiger partial charge in [-0.15, -0.1) is 0 Å². The predicted octanol–water partition coefficient (Wildman–Crippen LogP) is -17.7. The van der Waals surface area contributed by atoms with Crippen LogP contribution in [0.5, 0.6) is 0 Å². The van der Waals surface area contributed by atoms with E-state index in [1.807, 2.05) is 10.6 Å². The lowest BCUT2D eigenvalue weighted by Gasteiger charge is -2.51. The lowest BCUT2D eigenvalue weighted by atomic mass is 9.71. The van der Waals surface area contributed by atoms with Crippen molar-refractivity contribution in [2.24, 2.45) is 11.3 Å². The van der Waals surface area contributed by atoms with E-state index in [2.05, 4.69) is 25.1 Å². The lowest BCUT2D eigenvalue weighted by Crippen LogP contribution is -2.72. The number of aliphatic carboxylic acids is 4. The summed E-state index contributed by atoms with van der Waals surface area (Å²) in [4.78, 5) is 77.2. The van der Waals surface area contributed by atoms with Crippen LogP contribution in [0.15, 0.2) is 0 Å². The van der Waals surface area contributed by atoms with Gasteiger partial charge in [-0.3, -0.25) is 46.0 Å². The Bertz CT molecular complexity index is 5100. The van der Waals surface area contributed by atoms with Gasteiger partial charge in [0.1, 0.15) is 152 Å². The van der Waals surface area contributed by atoms with E-state index in [1.54, 1.807) is 0 Å². The summed E-state index contributed by atoms with van der Waals surface area (Å²) in [5, 5.41) is 173. The number of aliphatic hydroxyl groups excluding tert-OH is 11. The highest BCUT2D eigenvalue weighted by atomic mass is 32.3. The highest BCUT2D eigenvalue weighted by Gasteiger charge is 2.65. The fourth-order valence-electron chi connectivity index (χ4n) is 14.8. The van der Waals surface area contributed by atoms with Gasteiger partial charge < -0.3 is 158 Å². The van der Waals surface area contributed by atoms with Crippen molar-refractivity contribution < 1.29 is 305 Å². The summed E-state index contributed by atoms with van der Waals surface area (Å²) in [6.07, 6.45) is -101. The molecule has 27 N–H and O–H groups in total. The zero-order chi connectivity index (χ0) is 102. The van der Waals surface area contributed by atoms with Crippen molar-refractivity contribution in [3.05, 3.63) is 0 Å². The highest BCUT2D eigenvalue weighted by Crippen LogP contribution is 2.44. The van der Waals surface area contributed by atoms with Gasteiger partial charge in [0.05, 0.1) is 32.5 Å². The fraction of sp³-hybridized carbons (Fsp3) is 0.893. The van der Waals surface area contributed by atoms with Crippen LogP contribution in [-0.2, 0) is 208 Å². The van der Waals surface area contributed by atoms with E-state index in [-0.39, 0.29) is 0 Å². The molecule has 778 valence electrons. The molecule has 8 aliphatic heterocycles. The summed E-state index contributed by atoms with van der Waals surface area (Å²) >= 11 is 0. The monoisotopic (exact) mass is 2130 g/mol. The minimum atomic E-state index is -6.53. The van der Waals surface area contributed by atoms with Crippen molar-refractivity contribution in [2.75, 3.05) is 26.4 Å². The van der Waals surface area contributed by atoms with Gasteiger partial charge >= 0.3 is 107 Å². The Hall–Kier alpha value is -5.26. The molecule has 8 heterocycles. The molecule has 0 spiro atoms. The van der Waals surface area contributed by atoms with E-state index in [0.29, 0.717) is 6.92 Å². The Morgan fingerprint density at radius 1 is 0.284 bits per heavy atom. The first-order valence-electron chi connectivity index (χ1n) is 37.1. The molecule has 0 aromatic rings. The molecular weight excluding hydrogens is 2040 g/mol. The van der Waals surface area contributed by atoms with Crippen LogP contribution in [-0.4, -0.2) is 482 Å². The van der Waals surface area contributed by atoms with Gasteiger partial charge in [0.15, 0.2) is 80.8 Å². The normalized spacial score (nSPS) is 40.4. The number of carboxylic acid groups (broad SMARTS) is 4. The summed E-state index contributed by atoms with van der Waals surface area (Å²) in [7, 11) is -48.5. The molecule has 8 rings (SSSR count). The Morgan fingerprint density at radius 3 is 0.910 bits per heavy atom. The van der Waals surface area contributed by atoms with Gasteiger partial charge in [0.2, 0.25) is 11.8 Å². The van der Waals surface area contributed by atoms with Gasteiger partial charge in [-0.25, -0.2) is 44.3 Å². The first kappa shape index (κ1) is 114. The van der Waals surface area contributed by atoms with Gasteiger partial charge in [0, 0.05) is 19.8 Å². The van der Waals surface area contributed by atoms with Crippen LogP contribution in [0.4, 0.5) is 0 Å². The standard InChI is InChI=1S/C56H90N4O66S8/c1-10(61)57-17-22(64)31(12(110-48(17)81)6-106-129(88,89)90)114-53-28(70)25(67)38(42(122-53)46(77)78)120-50-19(59-127(82,83)84)24(66)33(14(112-50)8-108-131(94,95)96)116-55-40(126-134(103,104)105)30(72)39(43(124-55)47(79)80)121-51-20(60-128(85,86)87)36(125-133(100,101)102)34(15(113-51)9-109-132(97,98)99)117-54-29(71)26(68)37(41(123-54)45(75)76)119-49-18(58-11(2)62)23(65)32(13(111-49)7-107-130(91,92)93)115-52-27(69)21(63)16(56(3,4)5)35(118-52)44(73)74/h12-43,48-55,59-60,63-72,81H,6-9H2,1-5H3,(H,57,61)(H,58,62)(H,73,74)(H,75,76)(H,77,78)(H,79,80)(H,82,83,84)(H,85,86,87)(H,88,89,90)(H,91,92,93)(H,94,95,96)(H,97,98,99)(H,100,101,102)(H,103,104,105)/t12-,13-,14-,15-,16+,17-,18-,19-,20-,21+,22-,23-,24-,25-,26-,27-,28-,29-,30+,31-,32-,33-,34-,35?,36-,37+,38+,39+,40-,41+,42-,43-,48?,49-,50-,51-,52-,53-,54-,55-/m1/s1. The Balaban J connectivity index is 1.13. The minimum absolute atomic E-state index is 0.706. The zero-order valence-electron chi connectivity index (χ0n) is 67.5. The van der Waals surface area contributed by atoms with Gasteiger partial charge in [-0.05, 0) is 5.41 Å². The second kappa shape index (κ2) is 44.1. The maximum absolute atomic E-state index is 13.5. The molecule has 0 aromatic heterocycles. The number of aliphatic hydroxyl groups is 11. The highest BCUT2D eigenvalue weighted by molar-refractivity contribution is 7.84. The summed E-state index contributed by atoms with van der Waals surface area (Å²) in [5.74, 6) is -13.0. The first-order valence-corrected chi connectivity index (χ1v) is 48.2. The maximum Gasteiger partial charge on any atom is 0.397 e. The average Bonchev–Trinajstić information content (AvgIpc) is 0.752. The third kappa shape index (κ3) is 30.4. The topological polar surface area (TPSA) is 1080 Å². The molecule has 0 radical (unpaired) electrons. The number of carboxylic acids is 4. The van der Waals surface area contributed by atoms with Crippen molar-refractivity contribution in [3.8, 4) is 0 Å². The molecular formula is C56H90N4O66S8. The Morgan fingerprint density at radius 2 is 0.560 bits per heavy atom. The van der Waals surface area contributed by atoms with Crippen LogP contribution in [0, 0.1) is 11.3 Å². The van der Waals surface area contributed by atoms with Crippen molar-refractivity contribution in [2.45, 2.75) is 274 Å². The molecule has 0 saturated carbocycles. The molecule has 134 heavy (non-hydrogen) atoms. The van der Waals surface area contributed by atoms with Crippen LogP contribution in [0.1, 0.15) is 34.6 Å². The summed E-state index contributed by atoms with van der Waals surface area (Å²) in [5.41, 5.74) is -1.20. The van der Waals surface area contributed by atoms with E-state index in [9.17, 15) is 209 Å². The third-order valence-electron chi connectivity index (χ3n) is 20.2. The molecule has 0 aliphatic carbocycles. The van der Waals surface area contributed by atoms with Gasteiger partial charge in [0.25, 0.3) is 0 Å². The average molecular weight is 2130 g/mol. The quantitative estimate of drug-likeness (QED) is 0.0253. The second-order valence-corrected chi connectivity index (χ2v) is 39.6. The number of ether oxygens (including phenoxy) is 15. The van der Waals surface area contributed by atoms with E-state index in [1.165, 1.54) is 25.5 Å². The fourth-order valence-corrected chi connectivity index (χ4v) is 18.2. The Kier molecular flexibility index (Phi) is 37.5. The molecule has 70 nitrogen and oxygen atoms in total. The third-order valence-corrected chi connectivity index (χ3v) is 24.0. The predicted molar refractivity (Wildman–Crippen MR) is 394 cm³/mol. The maximum atomic E-state index is 13.5. The van der Waals surface area contributed by atoms with Gasteiger partial charge in [-0.1, -0.05) is 20.8 Å². The lowest BCUT2D eigenvalue weighted by molar-refractivity contribution is -0.379. The van der Waals surface area contributed by atoms with Crippen LogP contribution in [0.2, 0.25) is 0 Å². The zero-order valence-corrected chi connectivity index (χ0v) is 74.1. The van der Waals surface area contributed by atoms with Crippen LogP contribution < -0.4 is 20.1 Å². The number of amides is 2. The SMILES string of the molecule is CC(=O)N[C@H]1[C@@H](O[C@H]2[C@H](O)[C@@H](O)[C@H](O[C@H]3[C@H](OS(=O)(=O)O)[C@@H](NS(=O)(=O)O)[C@@H](O[C@H]4[C@H](O)[C@@H](OS(=O)(=O)O)[C@H](O[C@H]5[C@H](O)[C@@H](NS(=O)(=O)O)[C@@H](O[C@H]6[C@H](O)[C@@H](O)[C@H](O[C@H]7[C@H](O)[C@@H](NC(C)=O)C(O)O[C@@H]7COS(=O)(=O)O)O[C@H]6C(=O)O)O[C@@H]5COS(=O)(=O)O)O[C@H]4C(=O)O)O[C@@H]3COS(=O)(=O)O)O[C@@H]2C(=O)O)O[C@H](COS(=O)(=O)O)[C@@H](O[C@@H]2OC(C(=O)O)[C@@H](C(C)(C)C)[C@H](O)[C@H]2O)[C@@H]1O. The van der Waals surface area contributed by atoms with E-state index in [0.717, 1.165) is 11.6 Å². The largest absolute Gasteiger partial charge is 0.479 e. The van der Waals surface area contributed by atoms with E-state index in [4.69, 9.17) is 71.1 Å². The summed E-state index contributed by atoms with van der Waals surface area (Å²) in [6, 6.07) is -10.8. The first-order chi connectivity index (χ1) is 61.0.